The lowest BCUT2D eigenvalue weighted by Gasteiger charge is -2.09. The Bertz CT molecular complexity index is 1030. The van der Waals surface area contributed by atoms with Crippen LogP contribution in [-0.2, 0) is 0 Å². The minimum atomic E-state index is -0.381. The maximum atomic E-state index is 12.0. The molecule has 2 aromatic carbocycles. The Morgan fingerprint density at radius 3 is 2.55 bits per heavy atom. The third-order valence-electron chi connectivity index (χ3n) is 3.97. The molecule has 0 fully saturated rings. The predicted molar refractivity (Wildman–Crippen MR) is 112 cm³/mol. The van der Waals surface area contributed by atoms with Crippen molar-refractivity contribution < 1.29 is 19.0 Å². The number of nitrogens with one attached hydrogen (secondary N) is 2. The maximum Gasteiger partial charge on any atom is 0.319 e. The molecule has 0 aliphatic carbocycles. The van der Waals surface area contributed by atoms with E-state index in [1.54, 1.807) is 38.6 Å². The number of hydrogen-bond acceptors (Lipinski definition) is 5. The maximum absolute atomic E-state index is 12.0. The second-order valence-corrected chi connectivity index (χ2v) is 5.88. The van der Waals surface area contributed by atoms with E-state index in [1.165, 1.54) is 0 Å². The van der Waals surface area contributed by atoms with Crippen molar-refractivity contribution in [2.45, 2.75) is 0 Å². The Morgan fingerprint density at radius 2 is 1.79 bits per heavy atom. The summed E-state index contributed by atoms with van der Waals surface area (Å²) in [4.78, 5) is 16.3. The molecular formula is C22H21N3O4. The van der Waals surface area contributed by atoms with Gasteiger partial charge in [-0.05, 0) is 12.1 Å². The van der Waals surface area contributed by atoms with Gasteiger partial charge in [-0.1, -0.05) is 30.0 Å². The first-order valence-corrected chi connectivity index (χ1v) is 8.90. The van der Waals surface area contributed by atoms with Crippen LogP contribution in [-0.4, -0.2) is 38.4 Å². The molecule has 148 valence electrons. The van der Waals surface area contributed by atoms with E-state index in [4.69, 9.17) is 14.2 Å². The lowest BCUT2D eigenvalue weighted by atomic mass is 10.2. The molecule has 0 bridgehead atoms. The number of aromatic nitrogens is 1. The van der Waals surface area contributed by atoms with Gasteiger partial charge in [-0.2, -0.15) is 0 Å². The van der Waals surface area contributed by atoms with Crippen LogP contribution in [0, 0.1) is 11.8 Å². The second-order valence-electron chi connectivity index (χ2n) is 5.88. The molecule has 0 unspecified atom stereocenters. The molecule has 0 saturated carbocycles. The molecule has 7 heteroatoms. The average molecular weight is 391 g/mol. The van der Waals surface area contributed by atoms with Crippen molar-refractivity contribution in [3.63, 3.8) is 0 Å². The molecule has 0 aliphatic rings. The first-order valence-electron chi connectivity index (χ1n) is 8.90. The molecule has 3 rings (SSSR count). The monoisotopic (exact) mass is 391 g/mol. The molecule has 2 N–H and O–H groups in total. The molecule has 3 aromatic rings. The standard InChI is InChI=1S/C22H21N3O4/c1-27-18-13-17(14-19(15-18)28-2)25-22(26)24-10-3-4-12-29-20-9-5-7-16-8-6-11-23-21(16)20/h5-9,11,13-15H,10,12H2,1-2H3,(H2,24,25,26). The number of fused-ring (bicyclic) bond motifs is 1. The van der Waals surface area contributed by atoms with Crippen molar-refractivity contribution in [3.8, 4) is 29.1 Å². The molecule has 2 amide bonds. The van der Waals surface area contributed by atoms with E-state index in [0.717, 1.165) is 10.9 Å². The number of anilines is 1. The first-order chi connectivity index (χ1) is 14.2. The van der Waals surface area contributed by atoms with E-state index in [-0.39, 0.29) is 19.2 Å². The lowest BCUT2D eigenvalue weighted by molar-refractivity contribution is 0.253. The highest BCUT2D eigenvalue weighted by molar-refractivity contribution is 5.90. The van der Waals surface area contributed by atoms with Gasteiger partial charge in [-0.15, -0.1) is 0 Å². The second kappa shape index (κ2) is 9.85. The number of methoxy groups -OCH3 is 2. The quantitative estimate of drug-likeness (QED) is 0.629. The van der Waals surface area contributed by atoms with Crippen molar-refractivity contribution >= 4 is 22.6 Å². The molecule has 0 spiro atoms. The first kappa shape index (κ1) is 19.8. The van der Waals surface area contributed by atoms with Crippen molar-refractivity contribution in [1.29, 1.82) is 0 Å². The molecule has 0 aliphatic heterocycles. The summed E-state index contributed by atoms with van der Waals surface area (Å²) in [6.45, 7) is 0.385. The third-order valence-corrected chi connectivity index (χ3v) is 3.97. The largest absolute Gasteiger partial charge is 0.497 e. The van der Waals surface area contributed by atoms with Gasteiger partial charge >= 0.3 is 6.03 Å². The smallest absolute Gasteiger partial charge is 0.319 e. The molecule has 1 aromatic heterocycles. The van der Waals surface area contributed by atoms with Gasteiger partial charge in [0.1, 0.15) is 29.4 Å². The highest BCUT2D eigenvalue weighted by Gasteiger charge is 2.05. The number of carbonyl (C=O) groups is 1. The predicted octanol–water partition coefficient (Wildman–Crippen LogP) is 3.46. The summed E-state index contributed by atoms with van der Waals surface area (Å²) in [5.74, 6) is 7.56. The number of benzene rings is 2. The zero-order chi connectivity index (χ0) is 20.5. The van der Waals surface area contributed by atoms with E-state index in [1.807, 2.05) is 30.3 Å². The van der Waals surface area contributed by atoms with E-state index in [2.05, 4.69) is 27.5 Å². The summed E-state index contributed by atoms with van der Waals surface area (Å²) >= 11 is 0. The SMILES string of the molecule is COc1cc(NC(=O)NCC#CCOc2cccc3cccnc23)cc(OC)c1. The van der Waals surface area contributed by atoms with Crippen LogP contribution >= 0.6 is 0 Å². The molecule has 0 saturated heterocycles. The number of ether oxygens (including phenoxy) is 3. The van der Waals surface area contributed by atoms with Gasteiger partial charge in [-0.3, -0.25) is 4.98 Å². The number of hydrogen-bond donors (Lipinski definition) is 2. The Balaban J connectivity index is 1.47. The minimum Gasteiger partial charge on any atom is -0.497 e. The fourth-order valence-electron chi connectivity index (χ4n) is 2.60. The van der Waals surface area contributed by atoms with Gasteiger partial charge in [0.2, 0.25) is 0 Å². The van der Waals surface area contributed by atoms with Gasteiger partial charge < -0.3 is 24.8 Å². The molecule has 0 atom stereocenters. The molecule has 29 heavy (non-hydrogen) atoms. The van der Waals surface area contributed by atoms with Crippen molar-refractivity contribution in [1.82, 2.24) is 10.3 Å². The Kier molecular flexibility index (Phi) is 6.74. The van der Waals surface area contributed by atoms with Crippen LogP contribution in [0.15, 0.2) is 54.7 Å². The van der Waals surface area contributed by atoms with Crippen molar-refractivity contribution in [3.05, 3.63) is 54.7 Å². The van der Waals surface area contributed by atoms with Gasteiger partial charge in [-0.25, -0.2) is 4.79 Å². The van der Waals surface area contributed by atoms with Gasteiger partial charge in [0.05, 0.1) is 20.8 Å². The molecule has 1 heterocycles. The van der Waals surface area contributed by atoms with E-state index < -0.39 is 0 Å². The van der Waals surface area contributed by atoms with Crippen molar-refractivity contribution in [2.24, 2.45) is 0 Å². The summed E-state index contributed by atoms with van der Waals surface area (Å²) in [5, 5.41) is 6.38. The zero-order valence-electron chi connectivity index (χ0n) is 16.2. The van der Waals surface area contributed by atoms with Crippen LogP contribution in [0.3, 0.4) is 0 Å². The number of rotatable bonds is 6. The Labute approximate surface area is 169 Å². The van der Waals surface area contributed by atoms with Gasteiger partial charge in [0.15, 0.2) is 0 Å². The molecular weight excluding hydrogens is 370 g/mol. The Hall–Kier alpha value is -3.92. The number of amides is 2. The average Bonchev–Trinajstić information content (AvgIpc) is 2.75. The van der Waals surface area contributed by atoms with E-state index in [0.29, 0.717) is 22.9 Å². The van der Waals surface area contributed by atoms with E-state index in [9.17, 15) is 4.79 Å². The third kappa shape index (κ3) is 5.53. The number of urea groups is 1. The Morgan fingerprint density at radius 1 is 1.03 bits per heavy atom. The number of pyridine rings is 1. The summed E-state index contributed by atoms with van der Waals surface area (Å²) in [6.07, 6.45) is 1.72. The number of para-hydroxylation sites is 1. The van der Waals surface area contributed by atoms with Crippen LogP contribution in [0.1, 0.15) is 0 Å². The fourth-order valence-corrected chi connectivity index (χ4v) is 2.60. The molecule has 0 radical (unpaired) electrons. The van der Waals surface area contributed by atoms with Gasteiger partial charge in [0, 0.05) is 35.5 Å². The van der Waals surface area contributed by atoms with Crippen molar-refractivity contribution in [2.75, 3.05) is 32.7 Å². The highest BCUT2D eigenvalue weighted by atomic mass is 16.5. The van der Waals surface area contributed by atoms with Crippen LogP contribution in [0.25, 0.3) is 10.9 Å². The normalized spacial score (nSPS) is 9.86. The minimum absolute atomic E-state index is 0.185. The van der Waals surface area contributed by atoms with Crippen LogP contribution in [0.5, 0.6) is 17.2 Å². The van der Waals surface area contributed by atoms with Crippen LogP contribution < -0.4 is 24.8 Å². The van der Waals surface area contributed by atoms with Gasteiger partial charge in [0.25, 0.3) is 0 Å². The van der Waals surface area contributed by atoms with E-state index >= 15 is 0 Å². The summed E-state index contributed by atoms with van der Waals surface area (Å²) in [5.41, 5.74) is 1.35. The fraction of sp³-hybridized carbons (Fsp3) is 0.182. The summed E-state index contributed by atoms with van der Waals surface area (Å²) in [7, 11) is 3.09. The molecule has 7 nitrogen and oxygen atoms in total. The lowest BCUT2D eigenvalue weighted by Crippen LogP contribution is -2.29. The van der Waals surface area contributed by atoms with Crippen LogP contribution in [0.2, 0.25) is 0 Å². The summed E-state index contributed by atoms with van der Waals surface area (Å²) in [6, 6.07) is 14.3. The number of nitrogens with zero attached hydrogens (tertiary/aromatic N) is 1. The number of carbonyl (C=O) groups excluding carboxylic acids is 1. The summed E-state index contributed by atoms with van der Waals surface area (Å²) < 4.78 is 16.0. The van der Waals surface area contributed by atoms with Crippen LogP contribution in [0.4, 0.5) is 10.5 Å². The zero-order valence-corrected chi connectivity index (χ0v) is 16.2. The topological polar surface area (TPSA) is 81.7 Å². The highest BCUT2D eigenvalue weighted by Crippen LogP contribution is 2.25.